The van der Waals surface area contributed by atoms with Gasteiger partial charge >= 0.3 is 0 Å². The number of aliphatic hydroxyl groups excluding tert-OH is 1. The number of nitrogens with zero attached hydrogens (tertiary/aromatic N) is 1. The number of hydrogen-bond donors (Lipinski definition) is 1. The lowest BCUT2D eigenvalue weighted by atomic mass is 10.1. The Hall–Kier alpha value is -2.31. The zero-order valence-electron chi connectivity index (χ0n) is 14.1. The van der Waals surface area contributed by atoms with Gasteiger partial charge in [-0.05, 0) is 35.6 Å². The molecule has 0 fully saturated rings. The van der Waals surface area contributed by atoms with E-state index in [0.717, 1.165) is 28.2 Å². The number of ether oxygens (including phenoxy) is 2. The summed E-state index contributed by atoms with van der Waals surface area (Å²) in [6.45, 7) is 1.70. The van der Waals surface area contributed by atoms with E-state index in [9.17, 15) is 4.79 Å². The van der Waals surface area contributed by atoms with Crippen LogP contribution in [0.4, 0.5) is 0 Å². The van der Waals surface area contributed by atoms with Crippen molar-refractivity contribution in [1.29, 1.82) is 0 Å². The van der Waals surface area contributed by atoms with E-state index in [1.165, 1.54) is 11.3 Å². The van der Waals surface area contributed by atoms with E-state index < -0.39 is 0 Å². The fraction of sp³-hybridized carbons (Fsp3) is 0.316. The summed E-state index contributed by atoms with van der Waals surface area (Å²) in [5.74, 6) is 1.38. The molecule has 2 heterocycles. The maximum Gasteiger partial charge on any atom is 0.246 e. The maximum atomic E-state index is 12.6. The van der Waals surface area contributed by atoms with Crippen LogP contribution in [0.5, 0.6) is 11.5 Å². The zero-order valence-corrected chi connectivity index (χ0v) is 14.9. The highest BCUT2D eigenvalue weighted by atomic mass is 32.1. The minimum absolute atomic E-state index is 0.0169. The van der Waals surface area contributed by atoms with E-state index in [4.69, 9.17) is 14.6 Å². The molecule has 3 rings (SSSR count). The Bertz CT molecular complexity index is 769. The first-order valence-electron chi connectivity index (χ1n) is 8.15. The average molecular weight is 359 g/mol. The predicted octanol–water partition coefficient (Wildman–Crippen LogP) is 3.07. The van der Waals surface area contributed by atoms with Crippen LogP contribution in [0, 0.1) is 0 Å². The predicted molar refractivity (Wildman–Crippen MR) is 97.8 cm³/mol. The lowest BCUT2D eigenvalue weighted by Gasteiger charge is -2.26. The Morgan fingerprint density at radius 3 is 3.12 bits per heavy atom. The standard InChI is InChI=1S/C19H21NO4S/c1-23-17-5-2-4-15-11-20(8-3-9-24-19(15)17)18(22)7-6-16-10-14(12-21)13-25-16/h2,4-7,10,13,21H,3,8-9,11-12H2,1H3. The number of aliphatic hydroxyl groups is 1. The molecular formula is C19H21NO4S. The number of benzene rings is 1. The number of carbonyl (C=O) groups is 1. The normalized spacial score (nSPS) is 14.6. The Morgan fingerprint density at radius 1 is 1.48 bits per heavy atom. The van der Waals surface area contributed by atoms with Gasteiger partial charge in [0.05, 0.1) is 20.3 Å². The summed E-state index contributed by atoms with van der Waals surface area (Å²) in [5, 5.41) is 11.0. The molecule has 2 aromatic rings. The molecule has 25 heavy (non-hydrogen) atoms. The van der Waals surface area contributed by atoms with Crippen molar-refractivity contribution in [3.8, 4) is 11.5 Å². The number of fused-ring (bicyclic) bond motifs is 1. The third-order valence-corrected chi connectivity index (χ3v) is 4.97. The molecule has 0 aliphatic carbocycles. The van der Waals surface area contributed by atoms with Crippen molar-refractivity contribution < 1.29 is 19.4 Å². The fourth-order valence-corrected chi connectivity index (χ4v) is 3.53. The molecule has 0 bridgehead atoms. The van der Waals surface area contributed by atoms with Crippen molar-refractivity contribution in [2.45, 2.75) is 19.6 Å². The molecule has 1 aromatic carbocycles. The van der Waals surface area contributed by atoms with Gasteiger partial charge in [-0.3, -0.25) is 4.79 Å². The van der Waals surface area contributed by atoms with Gasteiger partial charge in [-0.1, -0.05) is 12.1 Å². The molecule has 6 heteroatoms. The van der Waals surface area contributed by atoms with Gasteiger partial charge in [0, 0.05) is 29.6 Å². The van der Waals surface area contributed by atoms with Gasteiger partial charge in [0.1, 0.15) is 0 Å². The Morgan fingerprint density at radius 2 is 2.36 bits per heavy atom. The van der Waals surface area contributed by atoms with Crippen molar-refractivity contribution >= 4 is 23.3 Å². The third kappa shape index (κ3) is 4.21. The second kappa shape index (κ2) is 8.18. The first-order chi connectivity index (χ1) is 12.2. The first-order valence-corrected chi connectivity index (χ1v) is 9.03. The lowest BCUT2D eigenvalue weighted by Crippen LogP contribution is -2.32. The van der Waals surface area contributed by atoms with Crippen molar-refractivity contribution in [2.75, 3.05) is 20.3 Å². The van der Waals surface area contributed by atoms with Crippen LogP contribution in [-0.2, 0) is 17.9 Å². The number of thiophene rings is 1. The summed E-state index contributed by atoms with van der Waals surface area (Å²) in [6, 6.07) is 7.61. The number of amides is 1. The number of methoxy groups -OCH3 is 1. The molecular weight excluding hydrogens is 338 g/mol. The highest BCUT2D eigenvalue weighted by molar-refractivity contribution is 7.11. The molecule has 1 aromatic heterocycles. The molecule has 1 aliphatic heterocycles. The Balaban J connectivity index is 1.75. The number of para-hydroxylation sites is 1. The van der Waals surface area contributed by atoms with Gasteiger partial charge < -0.3 is 19.5 Å². The SMILES string of the molecule is COc1cccc2c1OCCCN(C(=O)C=Cc1cc(CO)cs1)C2. The molecule has 0 spiro atoms. The molecule has 1 N–H and O–H groups in total. The van der Waals surface area contributed by atoms with Crippen LogP contribution in [-0.4, -0.2) is 36.2 Å². The minimum atomic E-state index is -0.0328. The van der Waals surface area contributed by atoms with Gasteiger partial charge in [-0.2, -0.15) is 0 Å². The zero-order chi connectivity index (χ0) is 17.6. The highest BCUT2D eigenvalue weighted by Crippen LogP contribution is 2.33. The summed E-state index contributed by atoms with van der Waals surface area (Å²) in [7, 11) is 1.62. The highest BCUT2D eigenvalue weighted by Gasteiger charge is 2.19. The summed E-state index contributed by atoms with van der Waals surface area (Å²) in [5.41, 5.74) is 1.81. The minimum Gasteiger partial charge on any atom is -0.493 e. The van der Waals surface area contributed by atoms with Crippen LogP contribution in [0.2, 0.25) is 0 Å². The number of hydrogen-bond acceptors (Lipinski definition) is 5. The molecule has 0 radical (unpaired) electrons. The molecule has 132 valence electrons. The van der Waals surface area contributed by atoms with Crippen LogP contribution in [0.1, 0.15) is 22.4 Å². The van der Waals surface area contributed by atoms with E-state index in [2.05, 4.69) is 0 Å². The molecule has 0 unspecified atom stereocenters. The molecule has 1 amide bonds. The summed E-state index contributed by atoms with van der Waals surface area (Å²) >= 11 is 1.51. The smallest absolute Gasteiger partial charge is 0.246 e. The van der Waals surface area contributed by atoms with Crippen molar-refractivity contribution in [3.63, 3.8) is 0 Å². The Kier molecular flexibility index (Phi) is 5.73. The summed E-state index contributed by atoms with van der Waals surface area (Å²) < 4.78 is 11.2. The topological polar surface area (TPSA) is 59.0 Å². The molecule has 0 saturated carbocycles. The number of carbonyl (C=O) groups excluding carboxylic acids is 1. The summed E-state index contributed by atoms with van der Waals surface area (Å²) in [4.78, 5) is 15.4. The monoisotopic (exact) mass is 359 g/mol. The number of rotatable bonds is 4. The van der Waals surface area contributed by atoms with Gasteiger partial charge in [0.15, 0.2) is 11.5 Å². The van der Waals surface area contributed by atoms with Crippen LogP contribution in [0.15, 0.2) is 35.7 Å². The average Bonchev–Trinajstić information content (AvgIpc) is 3.08. The molecule has 0 atom stereocenters. The lowest BCUT2D eigenvalue weighted by molar-refractivity contribution is -0.126. The van der Waals surface area contributed by atoms with Crippen LogP contribution < -0.4 is 9.47 Å². The second-order valence-corrected chi connectivity index (χ2v) is 6.70. The molecule has 0 saturated heterocycles. The second-order valence-electron chi connectivity index (χ2n) is 5.76. The van der Waals surface area contributed by atoms with E-state index >= 15 is 0 Å². The largest absolute Gasteiger partial charge is 0.493 e. The molecule has 1 aliphatic rings. The van der Waals surface area contributed by atoms with Crippen LogP contribution in [0.3, 0.4) is 0 Å². The van der Waals surface area contributed by atoms with Crippen molar-refractivity contribution in [2.24, 2.45) is 0 Å². The van der Waals surface area contributed by atoms with Gasteiger partial charge in [0.25, 0.3) is 0 Å². The van der Waals surface area contributed by atoms with E-state index in [-0.39, 0.29) is 12.5 Å². The van der Waals surface area contributed by atoms with Crippen molar-refractivity contribution in [1.82, 2.24) is 4.90 Å². The quantitative estimate of drug-likeness (QED) is 0.853. The van der Waals surface area contributed by atoms with E-state index in [1.807, 2.05) is 34.5 Å². The van der Waals surface area contributed by atoms with Gasteiger partial charge in [0.2, 0.25) is 5.91 Å². The van der Waals surface area contributed by atoms with E-state index in [1.54, 1.807) is 19.3 Å². The maximum absolute atomic E-state index is 12.6. The van der Waals surface area contributed by atoms with Crippen LogP contribution >= 0.6 is 11.3 Å². The fourth-order valence-electron chi connectivity index (χ4n) is 2.74. The van der Waals surface area contributed by atoms with Gasteiger partial charge in [-0.25, -0.2) is 0 Å². The van der Waals surface area contributed by atoms with E-state index in [0.29, 0.717) is 25.4 Å². The first kappa shape index (κ1) is 17.5. The third-order valence-electron chi connectivity index (χ3n) is 4.02. The van der Waals surface area contributed by atoms with Crippen LogP contribution in [0.25, 0.3) is 6.08 Å². The van der Waals surface area contributed by atoms with Crippen molar-refractivity contribution in [3.05, 3.63) is 51.7 Å². The van der Waals surface area contributed by atoms with Gasteiger partial charge in [-0.15, -0.1) is 11.3 Å². The summed E-state index contributed by atoms with van der Waals surface area (Å²) in [6.07, 6.45) is 4.16. The Labute approximate surface area is 151 Å². The molecule has 5 nitrogen and oxygen atoms in total.